The number of phenolic OH excluding ortho intramolecular Hbond substituents is 1. The summed E-state index contributed by atoms with van der Waals surface area (Å²) < 4.78 is 5.01. The Labute approximate surface area is 114 Å². The van der Waals surface area contributed by atoms with Gasteiger partial charge in [0.1, 0.15) is 0 Å². The Morgan fingerprint density at radius 3 is 2.74 bits per heavy atom. The van der Waals surface area contributed by atoms with Gasteiger partial charge in [-0.2, -0.15) is 0 Å². The zero-order chi connectivity index (χ0) is 14.4. The molecule has 5 nitrogen and oxygen atoms in total. The molecule has 0 aromatic heterocycles. The van der Waals surface area contributed by atoms with Crippen molar-refractivity contribution < 1.29 is 14.6 Å². The van der Waals surface area contributed by atoms with Crippen molar-refractivity contribution in [1.29, 1.82) is 0 Å². The summed E-state index contributed by atoms with van der Waals surface area (Å²) in [5.41, 5.74) is 6.06. The highest BCUT2D eigenvalue weighted by Crippen LogP contribution is 2.25. The van der Waals surface area contributed by atoms with Crippen molar-refractivity contribution >= 4 is 11.6 Å². The number of aromatic hydroxyl groups is 1. The van der Waals surface area contributed by atoms with Gasteiger partial charge in [-0.15, -0.1) is 0 Å². The van der Waals surface area contributed by atoms with E-state index in [1.165, 1.54) is 0 Å². The fourth-order valence-electron chi connectivity index (χ4n) is 1.82. The molecule has 1 rings (SSSR count). The van der Waals surface area contributed by atoms with E-state index in [0.717, 1.165) is 0 Å². The van der Waals surface area contributed by atoms with Crippen LogP contribution in [0.2, 0.25) is 0 Å². The number of methoxy groups -OCH3 is 1. The number of amides is 1. The van der Waals surface area contributed by atoms with E-state index in [1.807, 2.05) is 13.8 Å². The van der Waals surface area contributed by atoms with Gasteiger partial charge in [0.2, 0.25) is 0 Å². The molecule has 0 fully saturated rings. The summed E-state index contributed by atoms with van der Waals surface area (Å²) >= 11 is 0. The summed E-state index contributed by atoms with van der Waals surface area (Å²) in [5, 5.41) is 9.87. The van der Waals surface area contributed by atoms with Crippen LogP contribution in [0.25, 0.3) is 0 Å². The van der Waals surface area contributed by atoms with Gasteiger partial charge >= 0.3 is 0 Å². The molecule has 1 amide bonds. The van der Waals surface area contributed by atoms with E-state index in [4.69, 9.17) is 10.5 Å². The molecule has 0 saturated heterocycles. The summed E-state index contributed by atoms with van der Waals surface area (Å²) in [6, 6.07) is 4.80. The van der Waals surface area contributed by atoms with Gasteiger partial charge < -0.3 is 20.5 Å². The molecule has 1 aromatic carbocycles. The molecule has 0 aliphatic carbocycles. The van der Waals surface area contributed by atoms with E-state index in [2.05, 4.69) is 0 Å². The largest absolute Gasteiger partial charge is 0.505 e. The lowest BCUT2D eigenvalue weighted by Gasteiger charge is -2.24. The first-order valence-electron chi connectivity index (χ1n) is 6.33. The number of anilines is 1. The second-order valence-corrected chi connectivity index (χ2v) is 4.88. The number of para-hydroxylation sites is 1. The minimum absolute atomic E-state index is 0.154. The third-order valence-electron chi connectivity index (χ3n) is 2.74. The molecule has 0 radical (unpaired) electrons. The maximum absolute atomic E-state index is 12.4. The number of benzene rings is 1. The van der Waals surface area contributed by atoms with Crippen LogP contribution in [0.1, 0.15) is 24.2 Å². The first-order valence-corrected chi connectivity index (χ1v) is 6.33. The summed E-state index contributed by atoms with van der Waals surface area (Å²) in [4.78, 5) is 14.1. The van der Waals surface area contributed by atoms with Gasteiger partial charge in [-0.25, -0.2) is 0 Å². The van der Waals surface area contributed by atoms with Gasteiger partial charge in [0.15, 0.2) is 5.75 Å². The lowest BCUT2D eigenvalue weighted by atomic mass is 10.1. The van der Waals surface area contributed by atoms with Crippen LogP contribution >= 0.6 is 0 Å². The molecule has 5 heteroatoms. The highest BCUT2D eigenvalue weighted by molar-refractivity contribution is 5.98. The van der Waals surface area contributed by atoms with Crippen molar-refractivity contribution in [3.8, 4) is 5.75 Å². The summed E-state index contributed by atoms with van der Waals surface area (Å²) in [7, 11) is 1.59. The predicted octanol–water partition coefficient (Wildman–Crippen LogP) is 1.72. The maximum atomic E-state index is 12.4. The lowest BCUT2D eigenvalue weighted by Crippen LogP contribution is -2.36. The van der Waals surface area contributed by atoms with Crippen molar-refractivity contribution in [1.82, 2.24) is 4.90 Å². The number of hydrogen-bond donors (Lipinski definition) is 2. The minimum atomic E-state index is -0.226. The Morgan fingerprint density at radius 2 is 2.16 bits per heavy atom. The number of carbonyl (C=O) groups is 1. The first-order chi connectivity index (χ1) is 8.97. The second-order valence-electron chi connectivity index (χ2n) is 4.88. The Balaban J connectivity index is 2.94. The van der Waals surface area contributed by atoms with E-state index in [1.54, 1.807) is 30.2 Å². The van der Waals surface area contributed by atoms with Crippen molar-refractivity contribution in [2.45, 2.75) is 13.8 Å². The molecule has 0 atom stereocenters. The minimum Gasteiger partial charge on any atom is -0.505 e. The van der Waals surface area contributed by atoms with Crippen LogP contribution in [0.3, 0.4) is 0 Å². The zero-order valence-electron chi connectivity index (χ0n) is 11.7. The van der Waals surface area contributed by atoms with E-state index in [-0.39, 0.29) is 22.9 Å². The van der Waals surface area contributed by atoms with Crippen LogP contribution in [-0.2, 0) is 4.74 Å². The van der Waals surface area contributed by atoms with Crippen LogP contribution in [0, 0.1) is 5.92 Å². The van der Waals surface area contributed by atoms with Crippen LogP contribution in [0.15, 0.2) is 18.2 Å². The Bertz CT molecular complexity index is 433. The number of nitrogens with zero attached hydrogens (tertiary/aromatic N) is 1. The Kier molecular flexibility index (Phi) is 5.63. The second kappa shape index (κ2) is 6.99. The van der Waals surface area contributed by atoms with Gasteiger partial charge in [0, 0.05) is 20.2 Å². The number of nitrogens with two attached hydrogens (primary N) is 1. The molecule has 0 unspecified atom stereocenters. The van der Waals surface area contributed by atoms with E-state index in [9.17, 15) is 9.90 Å². The summed E-state index contributed by atoms with van der Waals surface area (Å²) in [5.74, 6) is -0.0433. The average Bonchev–Trinajstić information content (AvgIpc) is 2.36. The molecule has 0 saturated carbocycles. The summed E-state index contributed by atoms with van der Waals surface area (Å²) in [6.07, 6.45) is 0. The van der Waals surface area contributed by atoms with Gasteiger partial charge in [-0.3, -0.25) is 4.79 Å². The molecular weight excluding hydrogens is 244 g/mol. The average molecular weight is 266 g/mol. The van der Waals surface area contributed by atoms with Crippen molar-refractivity contribution in [2.75, 3.05) is 32.5 Å². The normalized spacial score (nSPS) is 10.7. The molecule has 106 valence electrons. The van der Waals surface area contributed by atoms with Crippen molar-refractivity contribution in [3.63, 3.8) is 0 Å². The molecule has 19 heavy (non-hydrogen) atoms. The highest BCUT2D eigenvalue weighted by atomic mass is 16.5. The number of nitrogen functional groups attached to an aromatic ring is 1. The van der Waals surface area contributed by atoms with Crippen LogP contribution in [0.5, 0.6) is 5.75 Å². The van der Waals surface area contributed by atoms with Crippen LogP contribution in [0.4, 0.5) is 5.69 Å². The fraction of sp³-hybridized carbons (Fsp3) is 0.500. The lowest BCUT2D eigenvalue weighted by molar-refractivity contribution is 0.0669. The third-order valence-corrected chi connectivity index (χ3v) is 2.74. The molecule has 1 aromatic rings. The zero-order valence-corrected chi connectivity index (χ0v) is 11.7. The number of ether oxygens (including phenoxy) is 1. The predicted molar refractivity (Wildman–Crippen MR) is 75.1 cm³/mol. The smallest absolute Gasteiger partial charge is 0.257 e. The molecular formula is C14H22N2O3. The molecule has 0 spiro atoms. The van der Waals surface area contributed by atoms with Gasteiger partial charge in [0.05, 0.1) is 17.9 Å². The Morgan fingerprint density at radius 1 is 1.47 bits per heavy atom. The van der Waals surface area contributed by atoms with E-state index in [0.29, 0.717) is 25.6 Å². The Hall–Kier alpha value is -1.75. The fourth-order valence-corrected chi connectivity index (χ4v) is 1.82. The van der Waals surface area contributed by atoms with Crippen LogP contribution in [-0.4, -0.2) is 42.7 Å². The van der Waals surface area contributed by atoms with Crippen molar-refractivity contribution in [2.24, 2.45) is 5.92 Å². The number of carbonyl (C=O) groups excluding carboxylic acids is 1. The molecule has 0 heterocycles. The molecule has 0 aliphatic rings. The van der Waals surface area contributed by atoms with Crippen molar-refractivity contribution in [3.05, 3.63) is 23.8 Å². The first kappa shape index (κ1) is 15.3. The molecule has 0 aliphatic heterocycles. The van der Waals surface area contributed by atoms with Gasteiger partial charge in [0.25, 0.3) is 5.91 Å². The van der Waals surface area contributed by atoms with E-state index < -0.39 is 0 Å². The standard InChI is InChI=1S/C14H22N2O3/c1-10(2)9-16(7-8-19-3)14(18)11-5-4-6-12(15)13(11)17/h4-6,10,17H,7-9,15H2,1-3H3. The SMILES string of the molecule is COCCN(CC(C)C)C(=O)c1cccc(N)c1O. The summed E-state index contributed by atoms with van der Waals surface area (Å²) in [6.45, 7) is 5.62. The molecule has 3 N–H and O–H groups in total. The molecule has 0 bridgehead atoms. The van der Waals surface area contributed by atoms with Crippen LogP contribution < -0.4 is 5.73 Å². The maximum Gasteiger partial charge on any atom is 0.257 e. The van der Waals surface area contributed by atoms with Gasteiger partial charge in [-0.1, -0.05) is 19.9 Å². The quantitative estimate of drug-likeness (QED) is 0.607. The van der Waals surface area contributed by atoms with Gasteiger partial charge in [-0.05, 0) is 18.1 Å². The number of phenols is 1. The monoisotopic (exact) mass is 266 g/mol. The van der Waals surface area contributed by atoms with E-state index >= 15 is 0 Å². The number of rotatable bonds is 6. The number of hydrogen-bond acceptors (Lipinski definition) is 4. The highest BCUT2D eigenvalue weighted by Gasteiger charge is 2.20. The third kappa shape index (κ3) is 4.13. The topological polar surface area (TPSA) is 75.8 Å².